The van der Waals surface area contributed by atoms with E-state index in [0.717, 1.165) is 24.3 Å². The molecule has 0 saturated heterocycles. The molecule has 6 heteroatoms. The second kappa shape index (κ2) is 10.1. The number of hydrogen-bond donors (Lipinski definition) is 0. The molecule has 1 amide bonds. The molecule has 5 nitrogen and oxygen atoms in total. The fourth-order valence-corrected chi connectivity index (χ4v) is 4.42. The molecule has 0 bridgehead atoms. The maximum atomic E-state index is 13.3. The van der Waals surface area contributed by atoms with Gasteiger partial charge in [-0.25, -0.2) is 4.98 Å². The molecule has 3 aromatic rings. The molecule has 31 heavy (non-hydrogen) atoms. The fraction of sp³-hybridized carbons (Fsp3) is 0.400. The van der Waals surface area contributed by atoms with Crippen LogP contribution in [0.3, 0.4) is 0 Å². The lowest BCUT2D eigenvalue weighted by atomic mass is 10.1. The van der Waals surface area contributed by atoms with Gasteiger partial charge in [-0.15, -0.1) is 0 Å². The largest absolute Gasteiger partial charge is 0.341 e. The van der Waals surface area contributed by atoms with E-state index in [0.29, 0.717) is 27.9 Å². The predicted octanol–water partition coefficient (Wildman–Crippen LogP) is 4.93. The summed E-state index contributed by atoms with van der Waals surface area (Å²) in [6, 6.07) is 15.1. The van der Waals surface area contributed by atoms with E-state index in [-0.39, 0.29) is 17.2 Å². The van der Waals surface area contributed by atoms with Crippen molar-refractivity contribution in [2.45, 2.75) is 39.8 Å². The van der Waals surface area contributed by atoms with Gasteiger partial charge in [-0.05, 0) is 43.0 Å². The van der Waals surface area contributed by atoms with E-state index in [9.17, 15) is 9.59 Å². The van der Waals surface area contributed by atoms with Gasteiger partial charge in [-0.2, -0.15) is 0 Å². The molecule has 1 aromatic heterocycles. The third-order valence-electron chi connectivity index (χ3n) is 4.89. The van der Waals surface area contributed by atoms with Gasteiger partial charge in [0.15, 0.2) is 5.16 Å². The summed E-state index contributed by atoms with van der Waals surface area (Å²) >= 11 is 1.33. The molecule has 0 N–H and O–H groups in total. The minimum absolute atomic E-state index is 0.0743. The topological polar surface area (TPSA) is 55.2 Å². The summed E-state index contributed by atoms with van der Waals surface area (Å²) < 4.78 is 1.62. The van der Waals surface area contributed by atoms with Crippen molar-refractivity contribution in [3.63, 3.8) is 0 Å². The molecular weight excluding hydrogens is 406 g/mol. The molecule has 2 aromatic carbocycles. The SMILES string of the molecule is Cc1ccc(-n2c(SCC(=O)N(CC(C)C)CC(C)C)nc3ccccc3c2=O)cc1. The second-order valence-corrected chi connectivity index (χ2v) is 9.71. The van der Waals surface area contributed by atoms with Crippen LogP contribution < -0.4 is 5.56 Å². The van der Waals surface area contributed by atoms with Gasteiger partial charge >= 0.3 is 0 Å². The van der Waals surface area contributed by atoms with E-state index in [2.05, 4.69) is 27.7 Å². The number of amides is 1. The normalized spacial score (nSPS) is 11.5. The summed E-state index contributed by atoms with van der Waals surface area (Å²) in [6.45, 7) is 11.9. The van der Waals surface area contributed by atoms with Crippen molar-refractivity contribution >= 4 is 28.6 Å². The van der Waals surface area contributed by atoms with E-state index in [1.54, 1.807) is 10.6 Å². The van der Waals surface area contributed by atoms with Gasteiger partial charge in [-0.3, -0.25) is 14.2 Å². The van der Waals surface area contributed by atoms with Gasteiger partial charge < -0.3 is 4.90 Å². The van der Waals surface area contributed by atoms with Gasteiger partial charge in [0.1, 0.15) is 0 Å². The number of thioether (sulfide) groups is 1. The first-order valence-corrected chi connectivity index (χ1v) is 11.7. The molecule has 0 aliphatic carbocycles. The summed E-state index contributed by atoms with van der Waals surface area (Å²) in [6.07, 6.45) is 0. The van der Waals surface area contributed by atoms with Gasteiger partial charge in [-0.1, -0.05) is 69.3 Å². The molecule has 0 aliphatic heterocycles. The van der Waals surface area contributed by atoms with Crippen LogP contribution in [-0.4, -0.2) is 39.2 Å². The van der Waals surface area contributed by atoms with Crippen molar-refractivity contribution in [2.75, 3.05) is 18.8 Å². The smallest absolute Gasteiger partial charge is 0.266 e. The van der Waals surface area contributed by atoms with E-state index in [4.69, 9.17) is 4.98 Å². The molecule has 0 atom stereocenters. The molecule has 3 rings (SSSR count). The van der Waals surface area contributed by atoms with Crippen LogP contribution in [0, 0.1) is 18.8 Å². The lowest BCUT2D eigenvalue weighted by molar-refractivity contribution is -0.129. The lowest BCUT2D eigenvalue weighted by Crippen LogP contribution is -2.38. The minimum atomic E-state index is -0.120. The first-order chi connectivity index (χ1) is 14.8. The molecule has 0 spiro atoms. The Bertz CT molecular complexity index is 1090. The Morgan fingerprint density at radius 2 is 1.61 bits per heavy atom. The van der Waals surface area contributed by atoms with Crippen LogP contribution in [0.5, 0.6) is 0 Å². The average Bonchev–Trinajstić information content (AvgIpc) is 2.72. The van der Waals surface area contributed by atoms with Crippen LogP contribution in [0.4, 0.5) is 0 Å². The number of carbonyl (C=O) groups is 1. The van der Waals surface area contributed by atoms with Crippen LogP contribution in [0.15, 0.2) is 58.5 Å². The minimum Gasteiger partial charge on any atom is -0.341 e. The molecule has 0 fully saturated rings. The Morgan fingerprint density at radius 3 is 2.23 bits per heavy atom. The van der Waals surface area contributed by atoms with Crippen molar-refractivity contribution < 1.29 is 4.79 Å². The van der Waals surface area contributed by atoms with Gasteiger partial charge in [0, 0.05) is 13.1 Å². The van der Waals surface area contributed by atoms with Crippen molar-refractivity contribution in [3.05, 3.63) is 64.4 Å². The zero-order valence-corrected chi connectivity index (χ0v) is 19.8. The average molecular weight is 438 g/mol. The quantitative estimate of drug-likeness (QED) is 0.370. The zero-order chi connectivity index (χ0) is 22.5. The number of benzene rings is 2. The highest BCUT2D eigenvalue weighted by Crippen LogP contribution is 2.22. The maximum absolute atomic E-state index is 13.3. The van der Waals surface area contributed by atoms with Crippen molar-refractivity contribution in [2.24, 2.45) is 11.8 Å². The molecular formula is C25H31N3O2S. The standard InChI is InChI=1S/C25H31N3O2S/c1-17(2)14-27(15-18(3)4)23(29)16-31-25-26-22-9-7-6-8-21(22)24(30)28(25)20-12-10-19(5)11-13-20/h6-13,17-18H,14-16H2,1-5H3. The first kappa shape index (κ1) is 23.1. The Balaban J connectivity index is 1.97. The van der Waals surface area contributed by atoms with Crippen LogP contribution in [-0.2, 0) is 4.79 Å². The highest BCUT2D eigenvalue weighted by atomic mass is 32.2. The van der Waals surface area contributed by atoms with Crippen LogP contribution in [0.2, 0.25) is 0 Å². The predicted molar refractivity (Wildman–Crippen MR) is 129 cm³/mol. The highest BCUT2D eigenvalue weighted by Gasteiger charge is 2.19. The number of aryl methyl sites for hydroxylation is 1. The molecule has 0 unspecified atom stereocenters. The number of rotatable bonds is 8. The third kappa shape index (κ3) is 5.76. The Hall–Kier alpha value is -2.60. The van der Waals surface area contributed by atoms with E-state index in [1.807, 2.05) is 54.3 Å². The van der Waals surface area contributed by atoms with Gasteiger partial charge in [0.05, 0.1) is 22.3 Å². The number of carbonyl (C=O) groups excluding carboxylic acids is 1. The van der Waals surface area contributed by atoms with Crippen LogP contribution in [0.25, 0.3) is 16.6 Å². The number of fused-ring (bicyclic) bond motifs is 1. The van der Waals surface area contributed by atoms with Crippen molar-refractivity contribution in [1.82, 2.24) is 14.5 Å². The highest BCUT2D eigenvalue weighted by molar-refractivity contribution is 7.99. The molecule has 0 saturated carbocycles. The van der Waals surface area contributed by atoms with Gasteiger partial charge in [0.2, 0.25) is 5.91 Å². The monoisotopic (exact) mass is 437 g/mol. The molecule has 0 radical (unpaired) electrons. The van der Waals surface area contributed by atoms with Crippen LogP contribution >= 0.6 is 11.8 Å². The van der Waals surface area contributed by atoms with Crippen molar-refractivity contribution in [1.29, 1.82) is 0 Å². The summed E-state index contributed by atoms with van der Waals surface area (Å²) in [5, 5.41) is 1.11. The molecule has 0 aliphatic rings. The number of nitrogens with zero attached hydrogens (tertiary/aromatic N) is 3. The summed E-state index contributed by atoms with van der Waals surface area (Å²) in [7, 11) is 0. The lowest BCUT2D eigenvalue weighted by Gasteiger charge is -2.26. The number of para-hydroxylation sites is 1. The summed E-state index contributed by atoms with van der Waals surface area (Å²) in [5.74, 6) is 1.12. The molecule has 1 heterocycles. The van der Waals surface area contributed by atoms with Crippen LogP contribution in [0.1, 0.15) is 33.3 Å². The first-order valence-electron chi connectivity index (χ1n) is 10.8. The fourth-order valence-electron chi connectivity index (χ4n) is 3.51. The molecule has 164 valence electrons. The maximum Gasteiger partial charge on any atom is 0.266 e. The van der Waals surface area contributed by atoms with E-state index in [1.165, 1.54) is 11.8 Å². The summed E-state index contributed by atoms with van der Waals surface area (Å²) in [5.41, 5.74) is 2.40. The Kier molecular flexibility index (Phi) is 7.55. The van der Waals surface area contributed by atoms with E-state index < -0.39 is 0 Å². The third-order valence-corrected chi connectivity index (χ3v) is 5.81. The summed E-state index contributed by atoms with van der Waals surface area (Å²) in [4.78, 5) is 33.0. The number of hydrogen-bond acceptors (Lipinski definition) is 4. The van der Waals surface area contributed by atoms with Crippen molar-refractivity contribution in [3.8, 4) is 5.69 Å². The van der Waals surface area contributed by atoms with E-state index >= 15 is 0 Å². The Morgan fingerprint density at radius 1 is 1.00 bits per heavy atom. The number of aromatic nitrogens is 2. The Labute approximate surface area is 188 Å². The zero-order valence-electron chi connectivity index (χ0n) is 19.0. The van der Waals surface area contributed by atoms with Gasteiger partial charge in [0.25, 0.3) is 5.56 Å². The second-order valence-electron chi connectivity index (χ2n) is 8.76.